The van der Waals surface area contributed by atoms with Gasteiger partial charge in [-0.15, -0.1) is 0 Å². The van der Waals surface area contributed by atoms with Gasteiger partial charge in [-0.2, -0.15) is 0 Å². The maximum Gasteiger partial charge on any atom is 0.169 e. The topological polar surface area (TPSA) is 56.5 Å². The lowest BCUT2D eigenvalue weighted by molar-refractivity contribution is 0.0266. The van der Waals surface area contributed by atoms with Crippen LogP contribution in [-0.4, -0.2) is 19.8 Å². The van der Waals surface area contributed by atoms with Gasteiger partial charge in [0.2, 0.25) is 0 Å². The summed E-state index contributed by atoms with van der Waals surface area (Å²) >= 11 is 0. The molecule has 0 aromatic heterocycles. The summed E-state index contributed by atoms with van der Waals surface area (Å²) in [4.78, 5) is 0. The molecule has 0 radical (unpaired) electrons. The molecule has 1 aromatic rings. The minimum Gasteiger partial charge on any atom is -0.494 e. The first-order chi connectivity index (χ1) is 9.19. The molecule has 0 aliphatic carbocycles. The van der Waals surface area contributed by atoms with Gasteiger partial charge in [-0.05, 0) is 19.4 Å². The molecule has 5 heteroatoms. The van der Waals surface area contributed by atoms with Gasteiger partial charge >= 0.3 is 0 Å². The Kier molecular flexibility index (Phi) is 6.77. The Labute approximate surface area is 114 Å². The molecule has 0 bridgehead atoms. The number of nitrogens with one attached hydrogen (secondary N) is 1. The minimum absolute atomic E-state index is 0.165. The normalized spacial score (nSPS) is 14.2. The van der Waals surface area contributed by atoms with Crippen molar-refractivity contribution in [3.8, 4) is 5.75 Å². The van der Waals surface area contributed by atoms with Crippen molar-refractivity contribution in [3.05, 3.63) is 29.6 Å². The van der Waals surface area contributed by atoms with E-state index in [-0.39, 0.29) is 11.9 Å². The fourth-order valence-electron chi connectivity index (χ4n) is 2.17. The van der Waals surface area contributed by atoms with E-state index in [9.17, 15) is 4.39 Å². The standard InChI is InChI=1S/C14H23FN2O2/c1-4-7-12(19-5-2)14(17-16)10-8-6-9-11(18-3)13(10)15/h6,8-9,12,14,17H,4-5,7,16H2,1-3H3. The lowest BCUT2D eigenvalue weighted by atomic mass is 9.98. The fraction of sp³-hybridized carbons (Fsp3) is 0.571. The third-order valence-corrected chi connectivity index (χ3v) is 3.05. The molecule has 0 fully saturated rings. The summed E-state index contributed by atoms with van der Waals surface area (Å²) in [5, 5.41) is 0. The Balaban J connectivity index is 3.06. The van der Waals surface area contributed by atoms with Gasteiger partial charge in [0, 0.05) is 12.2 Å². The second-order valence-corrected chi connectivity index (χ2v) is 4.29. The zero-order valence-electron chi connectivity index (χ0n) is 11.8. The van der Waals surface area contributed by atoms with Crippen LogP contribution < -0.4 is 16.0 Å². The fourth-order valence-corrected chi connectivity index (χ4v) is 2.17. The van der Waals surface area contributed by atoms with Crippen LogP contribution in [0, 0.1) is 5.82 Å². The zero-order chi connectivity index (χ0) is 14.3. The summed E-state index contributed by atoms with van der Waals surface area (Å²) < 4.78 is 24.9. The Morgan fingerprint density at radius 1 is 1.37 bits per heavy atom. The zero-order valence-corrected chi connectivity index (χ0v) is 11.8. The number of hydrogen-bond acceptors (Lipinski definition) is 4. The van der Waals surface area contributed by atoms with Crippen molar-refractivity contribution >= 4 is 0 Å². The van der Waals surface area contributed by atoms with Crippen LogP contribution >= 0.6 is 0 Å². The third-order valence-electron chi connectivity index (χ3n) is 3.05. The molecule has 0 heterocycles. The molecule has 0 aliphatic heterocycles. The maximum absolute atomic E-state index is 14.3. The summed E-state index contributed by atoms with van der Waals surface area (Å²) in [6.07, 6.45) is 1.58. The second kappa shape index (κ2) is 8.09. The van der Waals surface area contributed by atoms with Crippen molar-refractivity contribution in [2.45, 2.75) is 38.8 Å². The molecule has 0 spiro atoms. The molecular weight excluding hydrogens is 247 g/mol. The molecule has 1 aromatic carbocycles. The van der Waals surface area contributed by atoms with E-state index >= 15 is 0 Å². The lowest BCUT2D eigenvalue weighted by Gasteiger charge is -2.27. The summed E-state index contributed by atoms with van der Waals surface area (Å²) in [7, 11) is 1.44. The van der Waals surface area contributed by atoms with Crippen LogP contribution in [0.1, 0.15) is 38.3 Å². The third kappa shape index (κ3) is 3.89. The summed E-state index contributed by atoms with van der Waals surface area (Å²) in [6.45, 7) is 4.54. The van der Waals surface area contributed by atoms with Gasteiger partial charge in [0.15, 0.2) is 11.6 Å². The predicted octanol–water partition coefficient (Wildman–Crippen LogP) is 2.54. The second-order valence-electron chi connectivity index (χ2n) is 4.29. The van der Waals surface area contributed by atoms with Crippen molar-refractivity contribution in [1.29, 1.82) is 0 Å². The van der Waals surface area contributed by atoms with E-state index in [0.29, 0.717) is 12.2 Å². The largest absolute Gasteiger partial charge is 0.494 e. The van der Waals surface area contributed by atoms with Crippen LogP contribution in [0.5, 0.6) is 5.75 Å². The van der Waals surface area contributed by atoms with E-state index in [1.807, 2.05) is 6.92 Å². The quantitative estimate of drug-likeness (QED) is 0.563. The van der Waals surface area contributed by atoms with Crippen molar-refractivity contribution < 1.29 is 13.9 Å². The molecule has 19 heavy (non-hydrogen) atoms. The van der Waals surface area contributed by atoms with Crippen LogP contribution in [0.15, 0.2) is 18.2 Å². The summed E-state index contributed by atoms with van der Waals surface area (Å²) in [5.41, 5.74) is 3.13. The Morgan fingerprint density at radius 3 is 2.63 bits per heavy atom. The van der Waals surface area contributed by atoms with Gasteiger partial charge in [-0.3, -0.25) is 11.3 Å². The molecule has 1 rings (SSSR count). The molecule has 3 N–H and O–H groups in total. The first-order valence-electron chi connectivity index (χ1n) is 6.59. The molecule has 0 saturated carbocycles. The first-order valence-corrected chi connectivity index (χ1v) is 6.59. The molecule has 2 atom stereocenters. The van der Waals surface area contributed by atoms with E-state index in [1.54, 1.807) is 18.2 Å². The predicted molar refractivity (Wildman–Crippen MR) is 73.3 cm³/mol. The van der Waals surface area contributed by atoms with Gasteiger partial charge in [0.25, 0.3) is 0 Å². The molecule has 0 amide bonds. The number of ether oxygens (including phenoxy) is 2. The van der Waals surface area contributed by atoms with Crippen LogP contribution in [0.3, 0.4) is 0 Å². The summed E-state index contributed by atoms with van der Waals surface area (Å²) in [6, 6.07) is 4.64. The first kappa shape index (κ1) is 15.9. The molecule has 4 nitrogen and oxygen atoms in total. The van der Waals surface area contributed by atoms with Crippen molar-refractivity contribution in [2.24, 2.45) is 5.84 Å². The van der Waals surface area contributed by atoms with Crippen molar-refractivity contribution in [2.75, 3.05) is 13.7 Å². The highest BCUT2D eigenvalue weighted by atomic mass is 19.1. The van der Waals surface area contributed by atoms with Crippen molar-refractivity contribution in [1.82, 2.24) is 5.43 Å². The number of nitrogens with two attached hydrogens (primary N) is 1. The number of hydrogen-bond donors (Lipinski definition) is 2. The lowest BCUT2D eigenvalue weighted by Crippen LogP contribution is -2.38. The average Bonchev–Trinajstić information content (AvgIpc) is 2.42. The van der Waals surface area contributed by atoms with Gasteiger partial charge in [0.05, 0.1) is 19.3 Å². The van der Waals surface area contributed by atoms with Crippen LogP contribution in [0.4, 0.5) is 4.39 Å². The van der Waals surface area contributed by atoms with Gasteiger partial charge in [-0.25, -0.2) is 4.39 Å². The van der Waals surface area contributed by atoms with Crippen LogP contribution in [0.25, 0.3) is 0 Å². The average molecular weight is 270 g/mol. The highest BCUT2D eigenvalue weighted by Gasteiger charge is 2.25. The van der Waals surface area contributed by atoms with Gasteiger partial charge in [0.1, 0.15) is 0 Å². The van der Waals surface area contributed by atoms with E-state index in [1.165, 1.54) is 7.11 Å². The van der Waals surface area contributed by atoms with Gasteiger partial charge in [-0.1, -0.05) is 25.5 Å². The monoisotopic (exact) mass is 270 g/mol. The Morgan fingerprint density at radius 2 is 2.11 bits per heavy atom. The van der Waals surface area contributed by atoms with E-state index in [0.717, 1.165) is 12.8 Å². The Hall–Kier alpha value is -1.17. The number of halogens is 1. The summed E-state index contributed by atoms with van der Waals surface area (Å²) in [5.74, 6) is 5.41. The van der Waals surface area contributed by atoms with Gasteiger partial charge < -0.3 is 9.47 Å². The minimum atomic E-state index is -0.395. The number of benzene rings is 1. The van der Waals surface area contributed by atoms with Crippen LogP contribution in [-0.2, 0) is 4.74 Å². The van der Waals surface area contributed by atoms with Crippen LogP contribution in [0.2, 0.25) is 0 Å². The molecule has 2 unspecified atom stereocenters. The smallest absolute Gasteiger partial charge is 0.169 e. The maximum atomic E-state index is 14.3. The van der Waals surface area contributed by atoms with E-state index in [2.05, 4.69) is 12.3 Å². The highest BCUT2D eigenvalue weighted by Crippen LogP contribution is 2.29. The molecule has 108 valence electrons. The SMILES string of the molecule is CCCC(OCC)C(NN)c1cccc(OC)c1F. The van der Waals surface area contributed by atoms with E-state index in [4.69, 9.17) is 15.3 Å². The Bertz CT molecular complexity index is 382. The highest BCUT2D eigenvalue weighted by molar-refractivity contribution is 5.33. The van der Waals surface area contributed by atoms with E-state index < -0.39 is 11.9 Å². The number of rotatable bonds is 8. The molecule has 0 saturated heterocycles. The molecule has 0 aliphatic rings. The van der Waals surface area contributed by atoms with Crippen molar-refractivity contribution in [3.63, 3.8) is 0 Å². The molecular formula is C14H23FN2O2. The number of hydrazine groups is 1. The number of methoxy groups -OCH3 is 1.